The third-order valence-corrected chi connectivity index (χ3v) is 2.41. The summed E-state index contributed by atoms with van der Waals surface area (Å²) in [5.41, 5.74) is -0.197. The van der Waals surface area contributed by atoms with Crippen molar-refractivity contribution in [3.63, 3.8) is 0 Å². The quantitative estimate of drug-likeness (QED) is 0.558. The van der Waals surface area contributed by atoms with Gasteiger partial charge in [-0.15, -0.1) is 0 Å². The topological polar surface area (TPSA) is 29.5 Å². The molecule has 14 heavy (non-hydrogen) atoms. The number of methoxy groups -OCH3 is 1. The van der Waals surface area contributed by atoms with E-state index in [2.05, 4.69) is 11.8 Å². The van der Waals surface area contributed by atoms with E-state index in [4.69, 9.17) is 4.74 Å². The van der Waals surface area contributed by atoms with Crippen LogP contribution in [0.4, 0.5) is 0 Å². The lowest BCUT2D eigenvalue weighted by molar-refractivity contribution is -0.116. The molecule has 0 aromatic carbocycles. The van der Waals surface area contributed by atoms with Crippen molar-refractivity contribution < 1.29 is 9.53 Å². The van der Waals surface area contributed by atoms with Gasteiger partial charge in [-0.3, -0.25) is 0 Å². The third kappa shape index (κ3) is 5.35. The highest BCUT2D eigenvalue weighted by atomic mass is 16.5. The molecule has 0 spiro atoms. The van der Waals surface area contributed by atoms with E-state index in [1.54, 1.807) is 7.11 Å². The van der Waals surface area contributed by atoms with Crippen molar-refractivity contribution >= 4 is 6.29 Å². The van der Waals surface area contributed by atoms with Crippen LogP contribution in [0.25, 0.3) is 0 Å². The van der Waals surface area contributed by atoms with Crippen LogP contribution in [0.3, 0.4) is 0 Å². The second kappa shape index (κ2) is 6.96. The number of ether oxygens (including phenoxy) is 1. The Morgan fingerprint density at radius 1 is 1.50 bits per heavy atom. The van der Waals surface area contributed by atoms with E-state index in [1.807, 2.05) is 14.0 Å². The van der Waals surface area contributed by atoms with Gasteiger partial charge in [0.25, 0.3) is 0 Å². The first-order valence-electron chi connectivity index (χ1n) is 5.22. The summed E-state index contributed by atoms with van der Waals surface area (Å²) in [7, 11) is 3.72. The van der Waals surface area contributed by atoms with Crippen LogP contribution in [0, 0.1) is 5.41 Å². The lowest BCUT2D eigenvalue weighted by Crippen LogP contribution is -2.36. The molecule has 0 saturated heterocycles. The van der Waals surface area contributed by atoms with Crippen LogP contribution < -0.4 is 0 Å². The predicted octanol–water partition coefficient (Wildman–Crippen LogP) is 1.57. The fraction of sp³-hybridized carbons (Fsp3) is 0.909. The Morgan fingerprint density at radius 3 is 2.57 bits per heavy atom. The Labute approximate surface area is 87.4 Å². The first-order chi connectivity index (χ1) is 6.58. The maximum absolute atomic E-state index is 11.0. The molecule has 0 bridgehead atoms. The number of carbonyl (C=O) groups is 1. The summed E-state index contributed by atoms with van der Waals surface area (Å²) in [6.45, 7) is 6.54. The molecule has 0 radical (unpaired) electrons. The molecule has 1 atom stereocenters. The van der Waals surface area contributed by atoms with Crippen LogP contribution in [0.5, 0.6) is 0 Å². The van der Waals surface area contributed by atoms with Gasteiger partial charge in [0.2, 0.25) is 0 Å². The second-order valence-corrected chi connectivity index (χ2v) is 4.25. The molecule has 3 nitrogen and oxygen atoms in total. The molecule has 0 aliphatic carbocycles. The second-order valence-electron chi connectivity index (χ2n) is 4.25. The van der Waals surface area contributed by atoms with Crippen molar-refractivity contribution in [2.75, 3.05) is 33.9 Å². The number of hydrogen-bond donors (Lipinski definition) is 0. The molecule has 0 aliphatic heterocycles. The monoisotopic (exact) mass is 201 g/mol. The van der Waals surface area contributed by atoms with Crippen molar-refractivity contribution in [2.24, 2.45) is 5.41 Å². The number of aldehydes is 1. The summed E-state index contributed by atoms with van der Waals surface area (Å²) < 4.78 is 4.99. The van der Waals surface area contributed by atoms with E-state index in [0.29, 0.717) is 0 Å². The molecule has 0 rings (SSSR count). The lowest BCUT2D eigenvalue weighted by atomic mass is 9.87. The lowest BCUT2D eigenvalue weighted by Gasteiger charge is -2.28. The molecule has 84 valence electrons. The Morgan fingerprint density at radius 2 is 2.14 bits per heavy atom. The zero-order valence-electron chi connectivity index (χ0n) is 9.88. The van der Waals surface area contributed by atoms with E-state index in [-0.39, 0.29) is 5.41 Å². The van der Waals surface area contributed by atoms with Crippen molar-refractivity contribution in [1.29, 1.82) is 0 Å². The Hall–Kier alpha value is -0.410. The van der Waals surface area contributed by atoms with Crippen LogP contribution in [-0.2, 0) is 9.53 Å². The van der Waals surface area contributed by atoms with E-state index >= 15 is 0 Å². The maximum atomic E-state index is 11.0. The molecule has 0 aromatic rings. The van der Waals surface area contributed by atoms with E-state index in [0.717, 1.165) is 38.8 Å². The molecule has 0 N–H and O–H groups in total. The Balaban J connectivity index is 3.96. The van der Waals surface area contributed by atoms with E-state index in [1.165, 1.54) is 0 Å². The summed E-state index contributed by atoms with van der Waals surface area (Å²) in [5.74, 6) is 0. The SMILES string of the molecule is CCCC(C)(C=O)CN(C)CCOC. The Kier molecular flexibility index (Phi) is 6.75. The van der Waals surface area contributed by atoms with Crippen molar-refractivity contribution in [2.45, 2.75) is 26.7 Å². The fourth-order valence-electron chi connectivity index (χ4n) is 1.69. The van der Waals surface area contributed by atoms with Gasteiger partial charge in [-0.25, -0.2) is 0 Å². The average Bonchev–Trinajstić information content (AvgIpc) is 2.15. The molecule has 0 saturated carbocycles. The first-order valence-corrected chi connectivity index (χ1v) is 5.22. The van der Waals surface area contributed by atoms with Gasteiger partial charge in [0.05, 0.1) is 6.61 Å². The molecular weight excluding hydrogens is 178 g/mol. The van der Waals surface area contributed by atoms with Gasteiger partial charge >= 0.3 is 0 Å². The number of hydrogen-bond acceptors (Lipinski definition) is 3. The zero-order valence-corrected chi connectivity index (χ0v) is 9.88. The van der Waals surface area contributed by atoms with Crippen molar-refractivity contribution in [3.05, 3.63) is 0 Å². The standard InChI is InChI=1S/C11H23NO2/c1-5-6-11(2,10-13)9-12(3)7-8-14-4/h10H,5-9H2,1-4H3. The highest BCUT2D eigenvalue weighted by molar-refractivity contribution is 5.58. The average molecular weight is 201 g/mol. The highest BCUT2D eigenvalue weighted by Gasteiger charge is 2.23. The number of rotatable bonds is 8. The van der Waals surface area contributed by atoms with Crippen molar-refractivity contribution in [1.82, 2.24) is 4.90 Å². The van der Waals surface area contributed by atoms with Gasteiger partial charge in [-0.1, -0.05) is 20.3 Å². The van der Waals surface area contributed by atoms with E-state index < -0.39 is 0 Å². The minimum Gasteiger partial charge on any atom is -0.383 e. The summed E-state index contributed by atoms with van der Waals surface area (Å²) in [6.07, 6.45) is 3.08. The molecule has 1 unspecified atom stereocenters. The molecule has 0 aliphatic rings. The van der Waals surface area contributed by atoms with Gasteiger partial charge in [-0.05, 0) is 13.5 Å². The summed E-state index contributed by atoms with van der Waals surface area (Å²) >= 11 is 0. The molecule has 0 aromatic heterocycles. The number of nitrogens with zero attached hydrogens (tertiary/aromatic N) is 1. The summed E-state index contributed by atoms with van der Waals surface area (Å²) in [5, 5.41) is 0. The zero-order chi connectivity index (χ0) is 11.0. The van der Waals surface area contributed by atoms with Crippen LogP contribution in [-0.4, -0.2) is 45.0 Å². The first kappa shape index (κ1) is 13.6. The van der Waals surface area contributed by atoms with Gasteiger partial charge in [0.1, 0.15) is 6.29 Å². The molecule has 0 heterocycles. The van der Waals surface area contributed by atoms with Gasteiger partial charge in [0, 0.05) is 25.6 Å². The highest BCUT2D eigenvalue weighted by Crippen LogP contribution is 2.21. The van der Waals surface area contributed by atoms with Gasteiger partial charge < -0.3 is 14.4 Å². The van der Waals surface area contributed by atoms with Gasteiger partial charge in [-0.2, -0.15) is 0 Å². The normalized spacial score (nSPS) is 15.5. The van der Waals surface area contributed by atoms with E-state index in [9.17, 15) is 4.79 Å². The van der Waals surface area contributed by atoms with Crippen LogP contribution >= 0.6 is 0 Å². The largest absolute Gasteiger partial charge is 0.383 e. The predicted molar refractivity (Wildman–Crippen MR) is 58.5 cm³/mol. The smallest absolute Gasteiger partial charge is 0.127 e. The van der Waals surface area contributed by atoms with Crippen LogP contribution in [0.1, 0.15) is 26.7 Å². The molecular formula is C11H23NO2. The maximum Gasteiger partial charge on any atom is 0.127 e. The molecule has 0 fully saturated rings. The summed E-state index contributed by atoms with van der Waals surface area (Å²) in [4.78, 5) is 13.1. The Bertz CT molecular complexity index is 161. The van der Waals surface area contributed by atoms with Crippen LogP contribution in [0.2, 0.25) is 0 Å². The molecule has 3 heteroatoms. The van der Waals surface area contributed by atoms with Crippen LogP contribution in [0.15, 0.2) is 0 Å². The van der Waals surface area contributed by atoms with Crippen molar-refractivity contribution in [3.8, 4) is 0 Å². The fourth-order valence-corrected chi connectivity index (χ4v) is 1.69. The minimum absolute atomic E-state index is 0.197. The summed E-state index contributed by atoms with van der Waals surface area (Å²) in [6, 6.07) is 0. The number of carbonyl (C=O) groups excluding carboxylic acids is 1. The van der Waals surface area contributed by atoms with Gasteiger partial charge in [0.15, 0.2) is 0 Å². The molecule has 0 amide bonds. The number of likely N-dealkylation sites (N-methyl/N-ethyl adjacent to an activating group) is 1. The minimum atomic E-state index is -0.197. The third-order valence-electron chi connectivity index (χ3n) is 2.41.